The molecule has 0 unspecified atom stereocenters. The van der Waals surface area contributed by atoms with Crippen LogP contribution in [-0.4, -0.2) is 41.0 Å². The Hall–Kier alpha value is -2.34. The van der Waals surface area contributed by atoms with Crippen LogP contribution in [0.5, 0.6) is 0 Å². The first-order valence-corrected chi connectivity index (χ1v) is 9.30. The second-order valence-corrected chi connectivity index (χ2v) is 7.37. The molecule has 0 bridgehead atoms. The van der Waals surface area contributed by atoms with Crippen LogP contribution in [0.3, 0.4) is 0 Å². The maximum atomic E-state index is 12.4. The van der Waals surface area contributed by atoms with Crippen LogP contribution in [-0.2, 0) is 4.79 Å². The van der Waals surface area contributed by atoms with Crippen LogP contribution in [0.15, 0.2) is 34.9 Å². The number of benzene rings is 1. The molecule has 136 valence electrons. The molecule has 26 heavy (non-hydrogen) atoms. The zero-order valence-corrected chi connectivity index (χ0v) is 15.0. The highest BCUT2D eigenvalue weighted by molar-refractivity contribution is 6.30. The number of piperidine rings is 1. The Balaban J connectivity index is 1.33. The van der Waals surface area contributed by atoms with E-state index in [1.165, 1.54) is 0 Å². The van der Waals surface area contributed by atoms with Crippen LogP contribution in [0.25, 0.3) is 11.3 Å². The van der Waals surface area contributed by atoms with Crippen molar-refractivity contribution in [3.05, 3.63) is 41.0 Å². The van der Waals surface area contributed by atoms with Crippen LogP contribution >= 0.6 is 11.6 Å². The molecule has 7 heteroatoms. The number of carbonyl (C=O) groups is 2. The molecule has 2 heterocycles. The molecule has 4 rings (SSSR count). The summed E-state index contributed by atoms with van der Waals surface area (Å²) in [5.41, 5.74) is 1.02. The number of nitrogens with one attached hydrogen (secondary N) is 1. The summed E-state index contributed by atoms with van der Waals surface area (Å²) in [6.45, 7) is 1.40. The molecule has 1 aromatic heterocycles. The fourth-order valence-corrected chi connectivity index (χ4v) is 3.44. The molecule has 1 aromatic carbocycles. The van der Waals surface area contributed by atoms with E-state index in [1.807, 2.05) is 17.0 Å². The summed E-state index contributed by atoms with van der Waals surface area (Å²) in [4.78, 5) is 26.4. The third-order valence-electron chi connectivity index (χ3n) is 4.92. The van der Waals surface area contributed by atoms with E-state index in [4.69, 9.17) is 16.1 Å². The lowest BCUT2D eigenvalue weighted by molar-refractivity contribution is -0.133. The van der Waals surface area contributed by atoms with Gasteiger partial charge in [0.1, 0.15) is 0 Å². The molecule has 0 radical (unpaired) electrons. The van der Waals surface area contributed by atoms with E-state index in [0.717, 1.165) is 31.2 Å². The second-order valence-electron chi connectivity index (χ2n) is 6.93. The Bertz CT molecular complexity index is 823. The van der Waals surface area contributed by atoms with Gasteiger partial charge in [-0.15, -0.1) is 0 Å². The molecule has 0 spiro atoms. The number of hydrogen-bond donors (Lipinski definition) is 1. The molecule has 2 aromatic rings. The maximum Gasteiger partial charge on any atom is 0.273 e. The van der Waals surface area contributed by atoms with Gasteiger partial charge < -0.3 is 14.7 Å². The van der Waals surface area contributed by atoms with Crippen LogP contribution in [0, 0.1) is 5.92 Å². The van der Waals surface area contributed by atoms with Crippen molar-refractivity contribution in [2.45, 2.75) is 31.7 Å². The van der Waals surface area contributed by atoms with Gasteiger partial charge in [0.15, 0.2) is 11.5 Å². The molecular formula is C19H20ClN3O3. The van der Waals surface area contributed by atoms with Gasteiger partial charge in [-0.1, -0.05) is 28.9 Å². The monoisotopic (exact) mass is 373 g/mol. The molecule has 2 fully saturated rings. The van der Waals surface area contributed by atoms with E-state index in [0.29, 0.717) is 23.9 Å². The summed E-state index contributed by atoms with van der Waals surface area (Å²) in [7, 11) is 0. The van der Waals surface area contributed by atoms with Crippen molar-refractivity contribution in [1.82, 2.24) is 15.4 Å². The van der Waals surface area contributed by atoms with E-state index in [1.54, 1.807) is 18.2 Å². The minimum atomic E-state index is -0.256. The van der Waals surface area contributed by atoms with E-state index >= 15 is 0 Å². The summed E-state index contributed by atoms with van der Waals surface area (Å²) in [6, 6.07) is 8.87. The Morgan fingerprint density at radius 3 is 2.62 bits per heavy atom. The summed E-state index contributed by atoms with van der Waals surface area (Å²) >= 11 is 5.98. The van der Waals surface area contributed by atoms with Gasteiger partial charge in [-0.3, -0.25) is 9.59 Å². The summed E-state index contributed by atoms with van der Waals surface area (Å²) < 4.78 is 5.28. The van der Waals surface area contributed by atoms with Crippen LogP contribution in [0.4, 0.5) is 0 Å². The Morgan fingerprint density at radius 2 is 1.92 bits per heavy atom. The molecule has 0 atom stereocenters. The quantitative estimate of drug-likeness (QED) is 0.893. The average molecular weight is 374 g/mol. The molecule has 1 saturated carbocycles. The molecule has 1 aliphatic heterocycles. The average Bonchev–Trinajstić information content (AvgIpc) is 3.38. The molecule has 1 saturated heterocycles. The van der Waals surface area contributed by atoms with Crippen molar-refractivity contribution < 1.29 is 14.1 Å². The fourth-order valence-electron chi connectivity index (χ4n) is 3.25. The Labute approximate surface area is 156 Å². The number of hydrogen-bond acceptors (Lipinski definition) is 4. The zero-order valence-electron chi connectivity index (χ0n) is 14.3. The van der Waals surface area contributed by atoms with Crippen molar-refractivity contribution in [2.75, 3.05) is 13.1 Å². The minimum Gasteiger partial charge on any atom is -0.355 e. The number of aromatic nitrogens is 1. The first-order chi connectivity index (χ1) is 12.6. The van der Waals surface area contributed by atoms with Crippen molar-refractivity contribution in [2.24, 2.45) is 5.92 Å². The molecule has 6 nitrogen and oxygen atoms in total. The number of carbonyl (C=O) groups excluding carboxylic acids is 2. The topological polar surface area (TPSA) is 75.4 Å². The lowest BCUT2D eigenvalue weighted by Gasteiger charge is -2.32. The van der Waals surface area contributed by atoms with Crippen molar-refractivity contribution >= 4 is 23.4 Å². The van der Waals surface area contributed by atoms with Crippen LogP contribution < -0.4 is 5.32 Å². The summed E-state index contributed by atoms with van der Waals surface area (Å²) in [6.07, 6.45) is 3.58. The number of halogens is 1. The minimum absolute atomic E-state index is 0.0528. The van der Waals surface area contributed by atoms with Gasteiger partial charge in [0.25, 0.3) is 5.91 Å². The van der Waals surface area contributed by atoms with E-state index < -0.39 is 0 Å². The van der Waals surface area contributed by atoms with Crippen molar-refractivity contribution in [1.29, 1.82) is 0 Å². The van der Waals surface area contributed by atoms with E-state index in [9.17, 15) is 9.59 Å². The molecular weight excluding hydrogens is 354 g/mol. The van der Waals surface area contributed by atoms with E-state index in [2.05, 4.69) is 10.5 Å². The first kappa shape index (κ1) is 17.1. The van der Waals surface area contributed by atoms with E-state index in [-0.39, 0.29) is 29.5 Å². The van der Waals surface area contributed by atoms with Crippen LogP contribution in [0.1, 0.15) is 36.2 Å². The van der Waals surface area contributed by atoms with Gasteiger partial charge in [0.05, 0.1) is 0 Å². The number of rotatable bonds is 4. The van der Waals surface area contributed by atoms with Crippen molar-refractivity contribution in [3.63, 3.8) is 0 Å². The van der Waals surface area contributed by atoms with Gasteiger partial charge in [0, 0.05) is 41.7 Å². The standard InChI is InChI=1S/C19H20ClN3O3/c20-14-3-1-2-13(10-14)17-11-16(22-26-17)18(24)21-15-6-8-23(9-7-15)19(25)12-4-5-12/h1-3,10-12,15H,4-9H2,(H,21,24). The highest BCUT2D eigenvalue weighted by atomic mass is 35.5. The SMILES string of the molecule is O=C(NC1CCN(C(=O)C2CC2)CC1)c1cc(-c2cccc(Cl)c2)on1. The third kappa shape index (κ3) is 3.75. The summed E-state index contributed by atoms with van der Waals surface area (Å²) in [5, 5.41) is 7.45. The largest absolute Gasteiger partial charge is 0.355 e. The molecule has 1 aliphatic carbocycles. The predicted octanol–water partition coefficient (Wildman–Crippen LogP) is 3.13. The lowest BCUT2D eigenvalue weighted by atomic mass is 10.0. The number of nitrogens with zero attached hydrogens (tertiary/aromatic N) is 2. The highest BCUT2D eigenvalue weighted by Crippen LogP contribution is 2.32. The molecule has 2 aliphatic rings. The smallest absolute Gasteiger partial charge is 0.273 e. The Kier molecular flexibility index (Phi) is 4.68. The van der Waals surface area contributed by atoms with Gasteiger partial charge >= 0.3 is 0 Å². The van der Waals surface area contributed by atoms with Gasteiger partial charge in [-0.05, 0) is 37.8 Å². The fraction of sp³-hybridized carbons (Fsp3) is 0.421. The van der Waals surface area contributed by atoms with Gasteiger partial charge in [0.2, 0.25) is 5.91 Å². The Morgan fingerprint density at radius 1 is 1.15 bits per heavy atom. The van der Waals surface area contributed by atoms with Crippen molar-refractivity contribution in [3.8, 4) is 11.3 Å². The molecule has 1 N–H and O–H groups in total. The molecule has 2 amide bonds. The highest BCUT2D eigenvalue weighted by Gasteiger charge is 2.35. The zero-order chi connectivity index (χ0) is 18.1. The van der Waals surface area contributed by atoms with Gasteiger partial charge in [-0.25, -0.2) is 0 Å². The first-order valence-electron chi connectivity index (χ1n) is 8.92. The van der Waals surface area contributed by atoms with Gasteiger partial charge in [-0.2, -0.15) is 0 Å². The number of amides is 2. The lowest BCUT2D eigenvalue weighted by Crippen LogP contribution is -2.47. The maximum absolute atomic E-state index is 12.4. The normalized spacial score (nSPS) is 18.0. The summed E-state index contributed by atoms with van der Waals surface area (Å²) in [5.74, 6) is 0.773. The second kappa shape index (κ2) is 7.11. The third-order valence-corrected chi connectivity index (χ3v) is 5.16. The number of likely N-dealkylation sites (tertiary alicyclic amines) is 1. The van der Waals surface area contributed by atoms with Crippen LogP contribution in [0.2, 0.25) is 5.02 Å². The predicted molar refractivity (Wildman–Crippen MR) is 96.7 cm³/mol.